The number of anilines is 1. The highest BCUT2D eigenvalue weighted by Crippen LogP contribution is 2.44. The molecule has 0 unspecified atom stereocenters. The van der Waals surface area contributed by atoms with Gasteiger partial charge in [-0.05, 0) is 10.9 Å². The highest BCUT2D eigenvalue weighted by Gasteiger charge is 2.28. The highest BCUT2D eigenvalue weighted by molar-refractivity contribution is 6.18. The first-order valence-electron chi connectivity index (χ1n) is 6.13. The van der Waals surface area contributed by atoms with E-state index in [1.807, 2.05) is 6.07 Å². The SMILES string of the molecule is COc1cc2c(c3ccccc13)[C@H](CCl)CN2C. The van der Waals surface area contributed by atoms with Crippen molar-refractivity contribution in [1.29, 1.82) is 0 Å². The minimum atomic E-state index is 0.405. The Hall–Kier alpha value is -1.41. The molecule has 3 rings (SSSR count). The molecule has 3 heteroatoms. The zero-order valence-corrected chi connectivity index (χ0v) is 11.4. The second-order valence-electron chi connectivity index (χ2n) is 4.79. The molecule has 2 nitrogen and oxygen atoms in total. The van der Waals surface area contributed by atoms with Crippen molar-refractivity contribution in [2.45, 2.75) is 5.92 Å². The maximum absolute atomic E-state index is 6.12. The molecule has 0 aliphatic carbocycles. The van der Waals surface area contributed by atoms with Crippen molar-refractivity contribution < 1.29 is 4.74 Å². The summed E-state index contributed by atoms with van der Waals surface area (Å²) >= 11 is 6.12. The Morgan fingerprint density at radius 1 is 1.33 bits per heavy atom. The van der Waals surface area contributed by atoms with Gasteiger partial charge in [-0.1, -0.05) is 24.3 Å². The summed E-state index contributed by atoms with van der Waals surface area (Å²) in [7, 11) is 3.84. The van der Waals surface area contributed by atoms with Gasteiger partial charge in [0.25, 0.3) is 0 Å². The molecule has 0 radical (unpaired) electrons. The van der Waals surface area contributed by atoms with Gasteiger partial charge in [-0.15, -0.1) is 11.6 Å². The van der Waals surface area contributed by atoms with Gasteiger partial charge >= 0.3 is 0 Å². The Labute approximate surface area is 112 Å². The average molecular weight is 262 g/mol. The lowest BCUT2D eigenvalue weighted by Crippen LogP contribution is -2.15. The van der Waals surface area contributed by atoms with Gasteiger partial charge in [0, 0.05) is 42.5 Å². The third kappa shape index (κ3) is 1.56. The lowest BCUT2D eigenvalue weighted by atomic mass is 9.95. The summed E-state index contributed by atoms with van der Waals surface area (Å²) < 4.78 is 5.51. The van der Waals surface area contributed by atoms with E-state index in [4.69, 9.17) is 16.3 Å². The second kappa shape index (κ2) is 4.36. The van der Waals surface area contributed by atoms with Gasteiger partial charge in [-0.25, -0.2) is 0 Å². The van der Waals surface area contributed by atoms with Crippen molar-refractivity contribution in [3.63, 3.8) is 0 Å². The lowest BCUT2D eigenvalue weighted by molar-refractivity contribution is 0.420. The van der Waals surface area contributed by atoms with Crippen LogP contribution in [-0.4, -0.2) is 26.6 Å². The van der Waals surface area contributed by atoms with Gasteiger partial charge in [0.15, 0.2) is 0 Å². The zero-order valence-electron chi connectivity index (χ0n) is 10.6. The van der Waals surface area contributed by atoms with E-state index >= 15 is 0 Å². The van der Waals surface area contributed by atoms with E-state index in [2.05, 4.69) is 36.2 Å². The summed E-state index contributed by atoms with van der Waals surface area (Å²) in [6.07, 6.45) is 0. The number of methoxy groups -OCH3 is 1. The molecule has 94 valence electrons. The number of likely N-dealkylation sites (N-methyl/N-ethyl adjacent to an activating group) is 1. The molecule has 0 N–H and O–H groups in total. The smallest absolute Gasteiger partial charge is 0.128 e. The number of fused-ring (bicyclic) bond motifs is 3. The number of halogens is 1. The molecule has 1 heterocycles. The fourth-order valence-corrected chi connectivity index (χ4v) is 3.16. The molecule has 0 amide bonds. The molecular formula is C15H16ClNO. The van der Waals surface area contributed by atoms with Crippen LogP contribution in [0.4, 0.5) is 5.69 Å². The van der Waals surface area contributed by atoms with Crippen molar-refractivity contribution in [3.05, 3.63) is 35.9 Å². The topological polar surface area (TPSA) is 12.5 Å². The third-order valence-corrected chi connectivity index (χ3v) is 4.12. The van der Waals surface area contributed by atoms with E-state index < -0.39 is 0 Å². The standard InChI is InChI=1S/C15H16ClNO/c1-17-9-10(8-16)15-12-6-4-3-5-11(12)14(18-2)7-13(15)17/h3-7,10H,8-9H2,1-2H3/t10-/m1/s1. The number of alkyl halides is 1. The van der Waals surface area contributed by atoms with Crippen LogP contribution in [0.15, 0.2) is 30.3 Å². The van der Waals surface area contributed by atoms with Crippen molar-refractivity contribution in [2.75, 3.05) is 31.5 Å². The monoisotopic (exact) mass is 261 g/mol. The Balaban J connectivity index is 2.36. The first kappa shape index (κ1) is 11.7. The molecule has 1 aliphatic heterocycles. The Bertz CT molecular complexity index is 596. The van der Waals surface area contributed by atoms with Crippen LogP contribution in [0, 0.1) is 0 Å². The molecule has 2 aromatic rings. The van der Waals surface area contributed by atoms with Gasteiger partial charge in [0.05, 0.1) is 7.11 Å². The minimum Gasteiger partial charge on any atom is -0.496 e. The summed E-state index contributed by atoms with van der Waals surface area (Å²) in [6, 6.07) is 10.5. The quantitative estimate of drug-likeness (QED) is 0.766. The number of benzene rings is 2. The van der Waals surface area contributed by atoms with Gasteiger partial charge in [-0.2, -0.15) is 0 Å². The summed E-state index contributed by atoms with van der Waals surface area (Å²) in [5.74, 6) is 2.00. The summed E-state index contributed by atoms with van der Waals surface area (Å²) in [5.41, 5.74) is 2.61. The van der Waals surface area contributed by atoms with Gasteiger partial charge in [-0.3, -0.25) is 0 Å². The van der Waals surface area contributed by atoms with E-state index in [-0.39, 0.29) is 0 Å². The van der Waals surface area contributed by atoms with Gasteiger partial charge < -0.3 is 9.64 Å². The number of ether oxygens (including phenoxy) is 1. The molecular weight excluding hydrogens is 246 g/mol. The second-order valence-corrected chi connectivity index (χ2v) is 5.10. The van der Waals surface area contributed by atoms with Crippen molar-refractivity contribution in [1.82, 2.24) is 0 Å². The largest absolute Gasteiger partial charge is 0.496 e. The number of hydrogen-bond acceptors (Lipinski definition) is 2. The Morgan fingerprint density at radius 3 is 2.72 bits per heavy atom. The summed E-state index contributed by atoms with van der Waals surface area (Å²) in [5, 5.41) is 2.44. The molecule has 18 heavy (non-hydrogen) atoms. The van der Waals surface area contributed by atoms with Gasteiger partial charge in [0.1, 0.15) is 5.75 Å². The van der Waals surface area contributed by atoms with Crippen LogP contribution in [-0.2, 0) is 0 Å². The maximum Gasteiger partial charge on any atom is 0.128 e. The van der Waals surface area contributed by atoms with E-state index in [0.29, 0.717) is 11.8 Å². The number of hydrogen-bond donors (Lipinski definition) is 0. The Morgan fingerprint density at radius 2 is 2.06 bits per heavy atom. The minimum absolute atomic E-state index is 0.405. The highest BCUT2D eigenvalue weighted by atomic mass is 35.5. The number of nitrogens with zero attached hydrogens (tertiary/aromatic N) is 1. The van der Waals surface area contributed by atoms with E-state index in [9.17, 15) is 0 Å². The van der Waals surface area contributed by atoms with E-state index in [1.54, 1.807) is 7.11 Å². The molecule has 0 saturated carbocycles. The molecule has 0 spiro atoms. The summed E-state index contributed by atoms with van der Waals surface area (Å²) in [6.45, 7) is 0.982. The van der Waals surface area contributed by atoms with Gasteiger partial charge in [0.2, 0.25) is 0 Å². The van der Waals surface area contributed by atoms with Crippen LogP contribution in [0.25, 0.3) is 10.8 Å². The van der Waals surface area contributed by atoms with Crippen molar-refractivity contribution in [3.8, 4) is 5.75 Å². The lowest BCUT2D eigenvalue weighted by Gasteiger charge is -2.15. The molecule has 1 atom stereocenters. The zero-order chi connectivity index (χ0) is 12.7. The molecule has 0 fully saturated rings. The normalized spacial score (nSPS) is 18.2. The molecule has 0 aromatic heterocycles. The van der Waals surface area contributed by atoms with Crippen LogP contribution in [0.1, 0.15) is 11.5 Å². The van der Waals surface area contributed by atoms with E-state index in [1.165, 1.54) is 22.0 Å². The van der Waals surface area contributed by atoms with Crippen LogP contribution in [0.3, 0.4) is 0 Å². The molecule has 1 aliphatic rings. The summed E-state index contributed by atoms with van der Waals surface area (Å²) in [4.78, 5) is 2.26. The van der Waals surface area contributed by atoms with Crippen molar-refractivity contribution in [2.24, 2.45) is 0 Å². The van der Waals surface area contributed by atoms with Crippen LogP contribution in [0.2, 0.25) is 0 Å². The molecule has 0 saturated heterocycles. The molecule has 2 aromatic carbocycles. The fourth-order valence-electron chi connectivity index (χ4n) is 2.91. The van der Waals surface area contributed by atoms with Crippen LogP contribution in [0.5, 0.6) is 5.75 Å². The average Bonchev–Trinajstić information content (AvgIpc) is 2.74. The predicted molar refractivity (Wildman–Crippen MR) is 77.2 cm³/mol. The first-order valence-corrected chi connectivity index (χ1v) is 6.66. The van der Waals surface area contributed by atoms with Crippen LogP contribution < -0.4 is 9.64 Å². The van der Waals surface area contributed by atoms with Crippen molar-refractivity contribution >= 4 is 28.1 Å². The Kier molecular flexibility index (Phi) is 2.83. The fraction of sp³-hybridized carbons (Fsp3) is 0.333. The first-order chi connectivity index (χ1) is 8.76. The van der Waals surface area contributed by atoms with Crippen LogP contribution >= 0.6 is 11.6 Å². The predicted octanol–water partition coefficient (Wildman–Crippen LogP) is 3.62. The number of rotatable bonds is 2. The maximum atomic E-state index is 6.12. The molecule has 0 bridgehead atoms. The third-order valence-electron chi connectivity index (χ3n) is 3.75. The van der Waals surface area contributed by atoms with E-state index in [0.717, 1.165) is 12.3 Å².